The minimum atomic E-state index is -1.01. The van der Waals surface area contributed by atoms with Crippen LogP contribution in [0.15, 0.2) is 65.7 Å². The van der Waals surface area contributed by atoms with Crippen LogP contribution in [0.5, 0.6) is 5.75 Å². The number of nitrogens with zero attached hydrogens (tertiary/aromatic N) is 4. The Bertz CT molecular complexity index is 1300. The van der Waals surface area contributed by atoms with E-state index in [2.05, 4.69) is 9.98 Å². The molecule has 1 atom stereocenters. The number of benzene rings is 2. The Labute approximate surface area is 190 Å². The molecule has 1 unspecified atom stereocenters. The first-order chi connectivity index (χ1) is 15.9. The lowest BCUT2D eigenvalue weighted by Crippen LogP contribution is -2.50. The second-order valence-corrected chi connectivity index (χ2v) is 8.18. The van der Waals surface area contributed by atoms with Crippen LogP contribution in [-0.2, 0) is 15.1 Å². The van der Waals surface area contributed by atoms with E-state index < -0.39 is 5.54 Å². The SMILES string of the molecule is COc1cc(/C=C2/OCCN3C2=NC(=O)C3(C)c2ccc(F)cc2)ccc1-n1cnc(C)c1. The van der Waals surface area contributed by atoms with E-state index in [1.165, 1.54) is 12.1 Å². The molecule has 5 rings (SSSR count). The molecule has 3 aromatic rings. The van der Waals surface area contributed by atoms with Crippen LogP contribution in [0.4, 0.5) is 4.39 Å². The zero-order chi connectivity index (χ0) is 23.2. The zero-order valence-electron chi connectivity index (χ0n) is 18.6. The summed E-state index contributed by atoms with van der Waals surface area (Å²) in [4.78, 5) is 23.5. The van der Waals surface area contributed by atoms with Gasteiger partial charge >= 0.3 is 0 Å². The number of aliphatic imine (C=N–C) groups is 1. The fourth-order valence-electron chi connectivity index (χ4n) is 4.28. The summed E-state index contributed by atoms with van der Waals surface area (Å²) in [5.41, 5.74) is 2.30. The van der Waals surface area contributed by atoms with Gasteiger partial charge < -0.3 is 18.9 Å². The summed E-state index contributed by atoms with van der Waals surface area (Å²) in [5.74, 6) is 1.01. The van der Waals surface area contributed by atoms with Crippen LogP contribution < -0.4 is 4.74 Å². The Morgan fingerprint density at radius 2 is 2.00 bits per heavy atom. The van der Waals surface area contributed by atoms with Crippen LogP contribution in [0.3, 0.4) is 0 Å². The number of aryl methyl sites for hydroxylation is 1. The number of halogens is 1. The third kappa shape index (κ3) is 3.47. The van der Waals surface area contributed by atoms with Gasteiger partial charge in [0.05, 0.1) is 31.4 Å². The summed E-state index contributed by atoms with van der Waals surface area (Å²) in [6.07, 6.45) is 5.51. The number of rotatable bonds is 4. The molecule has 3 heterocycles. The van der Waals surface area contributed by atoms with E-state index in [-0.39, 0.29) is 11.7 Å². The summed E-state index contributed by atoms with van der Waals surface area (Å²) in [5, 5.41) is 0. The molecular weight excluding hydrogens is 423 g/mol. The van der Waals surface area contributed by atoms with Crippen molar-refractivity contribution in [2.45, 2.75) is 19.4 Å². The van der Waals surface area contributed by atoms with Crippen molar-refractivity contribution in [3.05, 3.63) is 83.4 Å². The van der Waals surface area contributed by atoms with E-state index in [1.807, 2.05) is 53.8 Å². The molecule has 0 aliphatic carbocycles. The monoisotopic (exact) mass is 446 g/mol. The quantitative estimate of drug-likeness (QED) is 0.609. The van der Waals surface area contributed by atoms with E-state index in [0.29, 0.717) is 36.1 Å². The molecular formula is C25H23FN4O3. The lowest BCUT2D eigenvalue weighted by Gasteiger charge is -2.38. The zero-order valence-corrected chi connectivity index (χ0v) is 18.6. The third-order valence-corrected chi connectivity index (χ3v) is 6.11. The fraction of sp³-hybridized carbons (Fsp3) is 0.240. The Morgan fingerprint density at radius 1 is 1.21 bits per heavy atom. The number of carbonyl (C=O) groups excluding carboxylic acids is 1. The first kappa shape index (κ1) is 20.9. The van der Waals surface area contributed by atoms with Gasteiger partial charge in [0.2, 0.25) is 0 Å². The molecule has 168 valence electrons. The molecule has 1 aromatic heterocycles. The van der Waals surface area contributed by atoms with Crippen molar-refractivity contribution in [3.63, 3.8) is 0 Å². The number of ether oxygens (including phenoxy) is 2. The molecule has 1 saturated heterocycles. The highest BCUT2D eigenvalue weighted by molar-refractivity contribution is 6.14. The largest absolute Gasteiger partial charge is 0.495 e. The van der Waals surface area contributed by atoms with Crippen LogP contribution in [0.25, 0.3) is 11.8 Å². The van der Waals surface area contributed by atoms with Gasteiger partial charge in [-0.2, -0.15) is 4.99 Å². The number of hydrogen-bond donors (Lipinski definition) is 0. The Kier molecular flexibility index (Phi) is 5.00. The van der Waals surface area contributed by atoms with Gasteiger partial charge in [-0.1, -0.05) is 18.2 Å². The van der Waals surface area contributed by atoms with Crippen molar-refractivity contribution >= 4 is 17.8 Å². The number of aromatic nitrogens is 2. The Balaban J connectivity index is 1.49. The maximum Gasteiger partial charge on any atom is 0.278 e. The van der Waals surface area contributed by atoms with Crippen molar-refractivity contribution in [2.75, 3.05) is 20.3 Å². The lowest BCUT2D eigenvalue weighted by molar-refractivity contribution is -0.125. The normalized spacial score (nSPS) is 21.1. The average molecular weight is 446 g/mol. The summed E-state index contributed by atoms with van der Waals surface area (Å²) >= 11 is 0. The highest BCUT2D eigenvalue weighted by Gasteiger charge is 2.50. The predicted octanol–water partition coefficient (Wildman–Crippen LogP) is 3.86. The van der Waals surface area contributed by atoms with Crippen molar-refractivity contribution in [2.24, 2.45) is 4.99 Å². The highest BCUT2D eigenvalue weighted by atomic mass is 19.1. The van der Waals surface area contributed by atoms with Crippen LogP contribution in [0.1, 0.15) is 23.7 Å². The minimum Gasteiger partial charge on any atom is -0.495 e. The number of carbonyl (C=O) groups is 1. The van der Waals surface area contributed by atoms with Gasteiger partial charge in [-0.05, 0) is 55.3 Å². The van der Waals surface area contributed by atoms with E-state index in [1.54, 1.807) is 25.6 Å². The van der Waals surface area contributed by atoms with Gasteiger partial charge in [0.25, 0.3) is 5.91 Å². The van der Waals surface area contributed by atoms with Gasteiger partial charge in [0.1, 0.15) is 23.7 Å². The second kappa shape index (κ2) is 7.88. The van der Waals surface area contributed by atoms with Crippen LogP contribution in [0, 0.1) is 12.7 Å². The Morgan fingerprint density at radius 3 is 2.70 bits per heavy atom. The second-order valence-electron chi connectivity index (χ2n) is 8.18. The molecule has 2 aliphatic heterocycles. The maximum absolute atomic E-state index is 13.5. The minimum absolute atomic E-state index is 0.302. The number of methoxy groups -OCH3 is 1. The van der Waals surface area contributed by atoms with Gasteiger partial charge in [0.15, 0.2) is 11.6 Å². The standard InChI is InChI=1S/C25H23FN4O3/c1-16-14-29(15-27-16)20-9-4-17(12-21(20)32-3)13-22-23-28-24(31)25(2,30(23)10-11-33-22)18-5-7-19(26)8-6-18/h4-9,12-15H,10-11H2,1-3H3/b22-13+. The molecule has 0 radical (unpaired) electrons. The lowest BCUT2D eigenvalue weighted by atomic mass is 9.90. The maximum atomic E-state index is 13.5. The number of imidazole rings is 1. The highest BCUT2D eigenvalue weighted by Crippen LogP contribution is 2.38. The van der Waals surface area contributed by atoms with Crippen molar-refractivity contribution in [1.29, 1.82) is 0 Å². The number of fused-ring (bicyclic) bond motifs is 1. The van der Waals surface area contributed by atoms with Gasteiger partial charge in [-0.15, -0.1) is 0 Å². The van der Waals surface area contributed by atoms with Crippen molar-refractivity contribution in [1.82, 2.24) is 14.5 Å². The molecule has 7 nitrogen and oxygen atoms in total. The van der Waals surface area contributed by atoms with Gasteiger partial charge in [0, 0.05) is 6.20 Å². The van der Waals surface area contributed by atoms with Crippen LogP contribution in [0.2, 0.25) is 0 Å². The van der Waals surface area contributed by atoms with Crippen molar-refractivity contribution < 1.29 is 18.7 Å². The molecule has 1 amide bonds. The topological polar surface area (TPSA) is 69.0 Å². The summed E-state index contributed by atoms with van der Waals surface area (Å²) in [6, 6.07) is 11.8. The van der Waals surface area contributed by atoms with E-state index in [9.17, 15) is 9.18 Å². The number of hydrogen-bond acceptors (Lipinski definition) is 5. The van der Waals surface area contributed by atoms with Gasteiger partial charge in [-0.25, -0.2) is 9.37 Å². The number of morpholine rings is 1. The third-order valence-electron chi connectivity index (χ3n) is 6.11. The molecule has 2 aliphatic rings. The summed E-state index contributed by atoms with van der Waals surface area (Å²) in [6.45, 7) is 4.64. The van der Waals surface area contributed by atoms with Crippen molar-refractivity contribution in [3.8, 4) is 11.4 Å². The molecule has 0 bridgehead atoms. The predicted molar refractivity (Wildman–Crippen MR) is 122 cm³/mol. The first-order valence-corrected chi connectivity index (χ1v) is 10.6. The molecule has 8 heteroatoms. The molecule has 2 aromatic carbocycles. The summed E-state index contributed by atoms with van der Waals surface area (Å²) in [7, 11) is 1.62. The molecule has 0 spiro atoms. The number of amidine groups is 1. The van der Waals surface area contributed by atoms with E-state index in [4.69, 9.17) is 9.47 Å². The molecule has 0 saturated carbocycles. The van der Waals surface area contributed by atoms with Crippen LogP contribution in [-0.4, -0.2) is 46.5 Å². The first-order valence-electron chi connectivity index (χ1n) is 10.6. The smallest absolute Gasteiger partial charge is 0.278 e. The number of amides is 1. The fourth-order valence-corrected chi connectivity index (χ4v) is 4.28. The molecule has 33 heavy (non-hydrogen) atoms. The Hall–Kier alpha value is -3.94. The molecule has 0 N–H and O–H groups in total. The van der Waals surface area contributed by atoms with E-state index in [0.717, 1.165) is 16.9 Å². The summed E-state index contributed by atoms with van der Waals surface area (Å²) < 4.78 is 26.9. The average Bonchev–Trinajstić information content (AvgIpc) is 3.36. The molecule has 1 fully saturated rings. The van der Waals surface area contributed by atoms with Crippen LogP contribution >= 0.6 is 0 Å². The van der Waals surface area contributed by atoms with Gasteiger partial charge in [-0.3, -0.25) is 4.79 Å². The van der Waals surface area contributed by atoms with E-state index >= 15 is 0 Å².